The number of amides is 1. The van der Waals surface area contributed by atoms with Crippen LogP contribution in [0, 0.1) is 23.7 Å². The number of methoxy groups -OCH3 is 1. The Morgan fingerprint density at radius 2 is 1.68 bits per heavy atom. The molecule has 1 unspecified atom stereocenters. The fraction of sp³-hybridized carbons (Fsp3) is 0.788. The Labute approximate surface area is 419 Å². The summed E-state index contributed by atoms with van der Waals surface area (Å²) in [7, 11) is 5.07. The van der Waals surface area contributed by atoms with Crippen molar-refractivity contribution in [3.63, 3.8) is 0 Å². The number of carbonyl (C=O) groups is 2. The zero-order chi connectivity index (χ0) is 52.9. The van der Waals surface area contributed by atoms with E-state index in [-0.39, 0.29) is 38.1 Å². The largest absolute Gasteiger partial charge is 0.459 e. The molecule has 7 N–H and O–H groups in total. The highest BCUT2D eigenvalue weighted by molar-refractivity contribution is 5.76. The molecule has 0 saturated carbocycles. The number of ether oxygens (including phenoxy) is 5. The molecule has 4 heterocycles. The molecule has 3 aliphatic heterocycles. The second kappa shape index (κ2) is 24.4. The summed E-state index contributed by atoms with van der Waals surface area (Å²) in [5.41, 5.74) is -2.66. The van der Waals surface area contributed by atoms with Crippen molar-refractivity contribution in [2.24, 2.45) is 23.7 Å². The normalized spacial score (nSPS) is 40.3. The van der Waals surface area contributed by atoms with E-state index in [1.165, 1.54) is 20.3 Å². The molecule has 1 aromatic heterocycles. The van der Waals surface area contributed by atoms with Crippen LogP contribution >= 0.6 is 0 Å². The van der Waals surface area contributed by atoms with Crippen molar-refractivity contribution in [3.8, 4) is 11.1 Å². The number of hydrogen-bond donors (Lipinski definition) is 7. The summed E-state index contributed by atoms with van der Waals surface area (Å²) in [6.07, 6.45) is -6.72. The van der Waals surface area contributed by atoms with Gasteiger partial charge in [-0.3, -0.25) is 9.59 Å². The van der Waals surface area contributed by atoms with E-state index in [9.17, 15) is 44.6 Å². The number of carbonyl (C=O) groups excluding carboxylic acids is 2. The van der Waals surface area contributed by atoms with E-state index in [2.05, 4.69) is 10.5 Å². The molecule has 0 bridgehead atoms. The minimum atomic E-state index is -1.85. The van der Waals surface area contributed by atoms with E-state index >= 15 is 0 Å². The van der Waals surface area contributed by atoms with Gasteiger partial charge in [0, 0.05) is 56.6 Å². The van der Waals surface area contributed by atoms with Crippen LogP contribution in [0.2, 0.25) is 0 Å². The molecule has 19 heteroatoms. The van der Waals surface area contributed by atoms with Crippen molar-refractivity contribution < 1.29 is 72.8 Å². The number of aromatic nitrogens is 1. The zero-order valence-corrected chi connectivity index (χ0v) is 44.1. The van der Waals surface area contributed by atoms with Crippen LogP contribution < -0.4 is 5.32 Å². The summed E-state index contributed by atoms with van der Waals surface area (Å²) in [5.74, 6) is -3.93. The van der Waals surface area contributed by atoms with Crippen molar-refractivity contribution in [2.75, 3.05) is 41.0 Å². The van der Waals surface area contributed by atoms with Gasteiger partial charge in [-0.25, -0.2) is 4.39 Å². The van der Waals surface area contributed by atoms with Gasteiger partial charge in [-0.05, 0) is 97.9 Å². The topological polar surface area (TPSA) is 246 Å². The van der Waals surface area contributed by atoms with Crippen LogP contribution in [0.3, 0.4) is 0 Å². The molecule has 3 fully saturated rings. The first-order chi connectivity index (χ1) is 33.2. The number of aliphatic hydroxyl groups is 6. The Bertz CT molecular complexity index is 1980. The van der Waals surface area contributed by atoms with Crippen LogP contribution in [0.4, 0.5) is 4.39 Å². The van der Waals surface area contributed by atoms with Gasteiger partial charge in [0.25, 0.3) is 0 Å². The Morgan fingerprint density at radius 1 is 1.01 bits per heavy atom. The van der Waals surface area contributed by atoms with Crippen molar-refractivity contribution in [2.45, 2.75) is 197 Å². The molecule has 1 amide bonds. The first-order valence-electron chi connectivity index (χ1n) is 25.4. The summed E-state index contributed by atoms with van der Waals surface area (Å²) in [6, 6.07) is 4.35. The number of aliphatic hydroxyl groups excluding tert-OH is 4. The van der Waals surface area contributed by atoms with E-state index in [0.717, 1.165) is 11.1 Å². The van der Waals surface area contributed by atoms with Crippen LogP contribution in [0.1, 0.15) is 113 Å². The molecule has 0 aliphatic carbocycles. The monoisotopic (exact) mass is 1010 g/mol. The van der Waals surface area contributed by atoms with E-state index < -0.39 is 132 Å². The minimum absolute atomic E-state index is 0.0919. The molecule has 3 saturated heterocycles. The van der Waals surface area contributed by atoms with Crippen LogP contribution in [-0.4, -0.2) is 188 Å². The van der Waals surface area contributed by atoms with Crippen molar-refractivity contribution in [1.82, 2.24) is 20.3 Å². The highest BCUT2D eigenvalue weighted by atomic mass is 19.1. The molecule has 2 aromatic rings. The third-order valence-electron chi connectivity index (χ3n) is 16.1. The predicted octanol–water partition coefficient (Wildman–Crippen LogP) is 3.78. The molecular weight excluding hydrogens is 924 g/mol. The average molecular weight is 1010 g/mol. The van der Waals surface area contributed by atoms with Gasteiger partial charge < -0.3 is 74.0 Å². The number of likely N-dealkylation sites (N-methyl/N-ethyl adjacent to an activating group) is 2. The summed E-state index contributed by atoms with van der Waals surface area (Å²) in [5, 5.41) is 77.3. The van der Waals surface area contributed by atoms with Gasteiger partial charge in [0.1, 0.15) is 49.1 Å². The maximum Gasteiger partial charge on any atom is 0.309 e. The standard InChI is InChI=1S/C52H85FN4O14/c1-14-40-52(10,65)45(61)32(6)57(12)26-28(2)22-50(8,64)47(30(4)42(31(5)48(63)70-40)39-23-51(9,66-13)46(62)33(7)69-39)71-49-44(60)38(21-29(3)68-49)56(11)20-19-41(58)55-37(24-53)43(59)35-17-15-34(16-18-35)36-25-54-67-27-36/h15-18,25,27-33,37-40,42-47,49,59-62,64-65H,14,19-24,26H2,1-13H3,(H,55,58)/t28-,29-,30+,31-,32-,33+,37-,38+,39-,40-,42?,43-,44-,45-,46+,47-,49+,50-,51-,52-/m1/s1. The molecule has 3 aliphatic rings. The Hall–Kier alpha value is -3.18. The van der Waals surface area contributed by atoms with Gasteiger partial charge in [-0.2, -0.15) is 0 Å². The Morgan fingerprint density at radius 3 is 2.27 bits per heavy atom. The minimum Gasteiger partial charge on any atom is -0.459 e. The number of hydrogen-bond acceptors (Lipinski definition) is 17. The molecule has 0 radical (unpaired) electrons. The second-order valence-corrected chi connectivity index (χ2v) is 21.8. The SMILES string of the molecule is CC[C@H]1OC(=O)[C@H](C)C([C@H]2C[C@@](C)(OC)[C@@H](O)[C@H](C)O2)[C@H](C)[C@@H](O[C@@H]2O[C@H](C)C[C@H](N(C)CCC(=O)N[C@H](CF)[C@H](O)c3ccc(-c4cnoc4)cc3)[C@H]2O)[C@](C)(O)C[C@@H](C)CN(C)[C@H](C)[C@@H](O)[C@]1(C)O. The fourth-order valence-electron chi connectivity index (χ4n) is 11.6. The second-order valence-electron chi connectivity index (χ2n) is 21.8. The fourth-order valence-corrected chi connectivity index (χ4v) is 11.6. The number of nitrogens with zero attached hydrogens (tertiary/aromatic N) is 3. The third kappa shape index (κ3) is 13.6. The van der Waals surface area contributed by atoms with Crippen LogP contribution in [0.15, 0.2) is 41.2 Å². The quantitative estimate of drug-likeness (QED) is 0.133. The Balaban J connectivity index is 1.42. The number of benzene rings is 1. The molecule has 5 rings (SSSR count). The van der Waals surface area contributed by atoms with E-state index in [0.29, 0.717) is 18.5 Å². The summed E-state index contributed by atoms with van der Waals surface area (Å²) < 4.78 is 51.2. The highest BCUT2D eigenvalue weighted by Crippen LogP contribution is 2.45. The number of rotatable bonds is 14. The molecule has 71 heavy (non-hydrogen) atoms. The number of cyclic esters (lactones) is 1. The van der Waals surface area contributed by atoms with Crippen molar-refractivity contribution in [3.05, 3.63) is 42.3 Å². The maximum atomic E-state index is 14.6. The maximum absolute atomic E-state index is 14.6. The van der Waals surface area contributed by atoms with Gasteiger partial charge in [-0.1, -0.05) is 57.1 Å². The van der Waals surface area contributed by atoms with Crippen molar-refractivity contribution in [1.29, 1.82) is 0 Å². The number of alkyl halides is 1. The van der Waals surface area contributed by atoms with Crippen LogP contribution in [0.25, 0.3) is 11.1 Å². The number of nitrogens with one attached hydrogen (secondary N) is 1. The highest BCUT2D eigenvalue weighted by Gasteiger charge is 2.55. The van der Waals surface area contributed by atoms with Gasteiger partial charge in [0.2, 0.25) is 5.91 Å². The molecule has 18 nitrogen and oxygen atoms in total. The first-order valence-corrected chi connectivity index (χ1v) is 25.4. The summed E-state index contributed by atoms with van der Waals surface area (Å²) in [4.78, 5) is 31.6. The van der Waals surface area contributed by atoms with Gasteiger partial charge >= 0.3 is 5.97 Å². The smallest absolute Gasteiger partial charge is 0.309 e. The van der Waals surface area contributed by atoms with Crippen LogP contribution in [0.5, 0.6) is 0 Å². The van der Waals surface area contributed by atoms with E-state index in [1.54, 1.807) is 79.1 Å². The molecule has 0 spiro atoms. The molecule has 404 valence electrons. The Kier molecular flexibility index (Phi) is 20.2. The molecule has 1 aromatic carbocycles. The summed E-state index contributed by atoms with van der Waals surface area (Å²) in [6.45, 7) is 17.0. The van der Waals surface area contributed by atoms with Gasteiger partial charge in [-0.15, -0.1) is 0 Å². The third-order valence-corrected chi connectivity index (χ3v) is 16.1. The molecule has 20 atom stereocenters. The molecular formula is C52H85FN4O14. The average Bonchev–Trinajstić information content (AvgIpc) is 3.87. The lowest BCUT2D eigenvalue weighted by atomic mass is 9.68. The van der Waals surface area contributed by atoms with Gasteiger partial charge in [0.05, 0.1) is 53.8 Å². The first kappa shape index (κ1) is 58.7. The van der Waals surface area contributed by atoms with E-state index in [4.69, 9.17) is 28.2 Å². The lowest BCUT2D eigenvalue weighted by Crippen LogP contribution is -2.62. The number of esters is 1. The lowest BCUT2D eigenvalue weighted by Gasteiger charge is -2.51. The summed E-state index contributed by atoms with van der Waals surface area (Å²) >= 11 is 0. The number of halogens is 1. The zero-order valence-electron chi connectivity index (χ0n) is 44.1. The predicted molar refractivity (Wildman–Crippen MR) is 261 cm³/mol. The lowest BCUT2D eigenvalue weighted by molar-refractivity contribution is -0.302. The van der Waals surface area contributed by atoms with Crippen LogP contribution in [-0.2, 0) is 33.3 Å². The van der Waals surface area contributed by atoms with Gasteiger partial charge in [0.15, 0.2) is 6.29 Å². The van der Waals surface area contributed by atoms with Crippen molar-refractivity contribution >= 4 is 11.9 Å². The van der Waals surface area contributed by atoms with E-state index in [1.807, 2.05) is 37.6 Å².